The summed E-state index contributed by atoms with van der Waals surface area (Å²) in [6, 6.07) is 3.40. The van der Waals surface area contributed by atoms with Crippen molar-refractivity contribution in [3.63, 3.8) is 0 Å². The quantitative estimate of drug-likeness (QED) is 0.877. The van der Waals surface area contributed by atoms with E-state index < -0.39 is 22.4 Å². The lowest BCUT2D eigenvalue weighted by Crippen LogP contribution is -2.37. The van der Waals surface area contributed by atoms with E-state index >= 15 is 0 Å². The molecule has 0 spiro atoms. The molecule has 0 radical (unpaired) electrons. The smallest absolute Gasteiger partial charge is 0.241 e. The first-order valence-electron chi connectivity index (χ1n) is 7.25. The summed E-state index contributed by atoms with van der Waals surface area (Å²) in [6.07, 6.45) is 5.40. The first kappa shape index (κ1) is 16.4. The van der Waals surface area contributed by atoms with Gasteiger partial charge in [0.25, 0.3) is 0 Å². The van der Waals surface area contributed by atoms with E-state index in [1.165, 1.54) is 12.5 Å². The molecule has 2 N–H and O–H groups in total. The van der Waals surface area contributed by atoms with Gasteiger partial charge in [0.05, 0.1) is 11.5 Å². The van der Waals surface area contributed by atoms with Crippen LogP contribution in [-0.4, -0.2) is 20.1 Å². The van der Waals surface area contributed by atoms with Gasteiger partial charge >= 0.3 is 0 Å². The Morgan fingerprint density at radius 2 is 1.95 bits per heavy atom. The number of aliphatic hydroxyl groups is 1. The zero-order chi connectivity index (χ0) is 15.5. The summed E-state index contributed by atoms with van der Waals surface area (Å²) in [4.78, 5) is -0.176. The molecule has 6 heteroatoms. The van der Waals surface area contributed by atoms with Crippen molar-refractivity contribution < 1.29 is 17.9 Å². The van der Waals surface area contributed by atoms with Crippen LogP contribution in [-0.2, 0) is 16.6 Å². The predicted molar refractivity (Wildman–Crippen MR) is 78.7 cm³/mol. The molecule has 0 atom stereocenters. The van der Waals surface area contributed by atoms with Gasteiger partial charge in [-0.1, -0.05) is 32.3 Å². The van der Waals surface area contributed by atoms with Crippen molar-refractivity contribution in [1.82, 2.24) is 4.72 Å². The standard InChI is InChI=1S/C15H22FNO3S/c1-15(7-3-2-4-8-15)11-17-21(19,20)14-9-13(16)6-5-12(14)10-18/h5-6,9,17-18H,2-4,7-8,10-11H2,1H3. The van der Waals surface area contributed by atoms with Gasteiger partial charge in [-0.05, 0) is 36.0 Å². The molecule has 0 bridgehead atoms. The molecule has 4 nitrogen and oxygen atoms in total. The van der Waals surface area contributed by atoms with Crippen molar-refractivity contribution in [2.45, 2.75) is 50.5 Å². The highest BCUT2D eigenvalue weighted by Gasteiger charge is 2.29. The van der Waals surface area contributed by atoms with Gasteiger partial charge in [-0.2, -0.15) is 0 Å². The van der Waals surface area contributed by atoms with Crippen LogP contribution in [0.15, 0.2) is 23.1 Å². The van der Waals surface area contributed by atoms with Crippen LogP contribution in [0.4, 0.5) is 4.39 Å². The topological polar surface area (TPSA) is 66.4 Å². The van der Waals surface area contributed by atoms with Crippen molar-refractivity contribution in [2.75, 3.05) is 6.54 Å². The molecule has 0 heterocycles. The summed E-state index contributed by atoms with van der Waals surface area (Å²) in [6.45, 7) is 1.98. The predicted octanol–water partition coefficient (Wildman–Crippen LogP) is 2.57. The highest BCUT2D eigenvalue weighted by atomic mass is 32.2. The van der Waals surface area contributed by atoms with Gasteiger partial charge in [-0.15, -0.1) is 0 Å². The van der Waals surface area contributed by atoms with E-state index in [4.69, 9.17) is 0 Å². The highest BCUT2D eigenvalue weighted by Crippen LogP contribution is 2.35. The molecule has 0 aliphatic heterocycles. The third-order valence-electron chi connectivity index (χ3n) is 4.24. The van der Waals surface area contributed by atoms with E-state index in [9.17, 15) is 17.9 Å². The summed E-state index contributed by atoms with van der Waals surface area (Å²) in [5.74, 6) is -0.628. The average Bonchev–Trinajstić information content (AvgIpc) is 2.46. The SMILES string of the molecule is CC1(CNS(=O)(=O)c2cc(F)ccc2CO)CCCCC1. The molecule has 2 rings (SSSR count). The Bertz CT molecular complexity index is 595. The molecule has 21 heavy (non-hydrogen) atoms. The van der Waals surface area contributed by atoms with Gasteiger partial charge in [-0.25, -0.2) is 17.5 Å². The minimum absolute atomic E-state index is 0.0436. The van der Waals surface area contributed by atoms with Crippen LogP contribution in [0, 0.1) is 11.2 Å². The van der Waals surface area contributed by atoms with Gasteiger partial charge in [0, 0.05) is 6.54 Å². The molecule has 0 saturated heterocycles. The highest BCUT2D eigenvalue weighted by molar-refractivity contribution is 7.89. The minimum atomic E-state index is -3.81. The lowest BCUT2D eigenvalue weighted by molar-refractivity contribution is 0.219. The van der Waals surface area contributed by atoms with Crippen LogP contribution in [0.1, 0.15) is 44.6 Å². The van der Waals surface area contributed by atoms with Crippen LogP contribution in [0.5, 0.6) is 0 Å². The molecule has 1 aliphatic carbocycles. The van der Waals surface area contributed by atoms with Crippen LogP contribution in [0.25, 0.3) is 0 Å². The number of aliphatic hydroxyl groups excluding tert-OH is 1. The van der Waals surface area contributed by atoms with E-state index in [0.717, 1.165) is 37.8 Å². The molecule has 1 fully saturated rings. The van der Waals surface area contributed by atoms with Crippen molar-refractivity contribution >= 4 is 10.0 Å². The van der Waals surface area contributed by atoms with E-state index in [2.05, 4.69) is 11.6 Å². The number of halogens is 1. The molecular weight excluding hydrogens is 293 g/mol. The lowest BCUT2D eigenvalue weighted by Gasteiger charge is -2.33. The van der Waals surface area contributed by atoms with E-state index in [1.54, 1.807) is 0 Å². The molecule has 1 saturated carbocycles. The molecule has 0 amide bonds. The fourth-order valence-corrected chi connectivity index (χ4v) is 4.28. The summed E-state index contributed by atoms with van der Waals surface area (Å²) < 4.78 is 40.6. The Labute approximate surface area is 125 Å². The summed E-state index contributed by atoms with van der Waals surface area (Å²) >= 11 is 0. The Morgan fingerprint density at radius 1 is 1.29 bits per heavy atom. The molecule has 118 valence electrons. The number of hydrogen-bond donors (Lipinski definition) is 2. The Morgan fingerprint density at radius 3 is 2.57 bits per heavy atom. The van der Waals surface area contributed by atoms with Crippen molar-refractivity contribution in [1.29, 1.82) is 0 Å². The van der Waals surface area contributed by atoms with Crippen molar-refractivity contribution in [2.24, 2.45) is 5.41 Å². The van der Waals surface area contributed by atoms with Gasteiger partial charge < -0.3 is 5.11 Å². The van der Waals surface area contributed by atoms with E-state index in [-0.39, 0.29) is 15.9 Å². The average molecular weight is 315 g/mol. The van der Waals surface area contributed by atoms with Crippen molar-refractivity contribution in [3.05, 3.63) is 29.6 Å². The monoisotopic (exact) mass is 315 g/mol. The maximum absolute atomic E-state index is 13.3. The summed E-state index contributed by atoms with van der Waals surface area (Å²) in [5.41, 5.74) is 0.163. The molecule has 1 aliphatic rings. The zero-order valence-electron chi connectivity index (χ0n) is 12.2. The second-order valence-electron chi connectivity index (χ2n) is 6.11. The van der Waals surface area contributed by atoms with E-state index in [1.807, 2.05) is 0 Å². The summed E-state index contributed by atoms with van der Waals surface area (Å²) in [7, 11) is -3.81. The molecular formula is C15H22FNO3S. The van der Waals surface area contributed by atoms with Gasteiger partial charge in [0.15, 0.2) is 0 Å². The third kappa shape index (κ3) is 4.02. The van der Waals surface area contributed by atoms with Crippen LogP contribution >= 0.6 is 0 Å². The maximum Gasteiger partial charge on any atom is 0.241 e. The first-order valence-corrected chi connectivity index (χ1v) is 8.74. The van der Waals surface area contributed by atoms with Crippen LogP contribution < -0.4 is 4.72 Å². The molecule has 0 unspecified atom stereocenters. The number of benzene rings is 1. The van der Waals surface area contributed by atoms with E-state index in [0.29, 0.717) is 6.54 Å². The maximum atomic E-state index is 13.3. The fraction of sp³-hybridized carbons (Fsp3) is 0.600. The molecule has 0 aromatic heterocycles. The molecule has 1 aromatic rings. The Hall–Kier alpha value is -0.980. The second-order valence-corrected chi connectivity index (χ2v) is 7.84. The number of hydrogen-bond acceptors (Lipinski definition) is 3. The Balaban J connectivity index is 2.17. The number of sulfonamides is 1. The van der Waals surface area contributed by atoms with Gasteiger partial charge in [0.2, 0.25) is 10.0 Å². The van der Waals surface area contributed by atoms with Crippen molar-refractivity contribution in [3.8, 4) is 0 Å². The number of nitrogens with one attached hydrogen (secondary N) is 1. The lowest BCUT2D eigenvalue weighted by atomic mass is 9.76. The summed E-state index contributed by atoms with van der Waals surface area (Å²) in [5, 5.41) is 9.23. The number of rotatable bonds is 5. The third-order valence-corrected chi connectivity index (χ3v) is 5.72. The molecule has 1 aromatic carbocycles. The largest absolute Gasteiger partial charge is 0.392 e. The van der Waals surface area contributed by atoms with Gasteiger partial charge in [0.1, 0.15) is 5.82 Å². The van der Waals surface area contributed by atoms with Crippen LogP contribution in [0.2, 0.25) is 0 Å². The fourth-order valence-electron chi connectivity index (χ4n) is 2.84. The Kier molecular flexibility index (Phi) is 5.01. The second kappa shape index (κ2) is 6.42. The first-order chi connectivity index (χ1) is 9.86. The van der Waals surface area contributed by atoms with Gasteiger partial charge in [-0.3, -0.25) is 0 Å². The van der Waals surface area contributed by atoms with Crippen LogP contribution in [0.3, 0.4) is 0 Å². The minimum Gasteiger partial charge on any atom is -0.392 e. The zero-order valence-corrected chi connectivity index (χ0v) is 13.0. The normalized spacial score (nSPS) is 18.6.